The van der Waals surface area contributed by atoms with Crippen molar-refractivity contribution in [3.63, 3.8) is 0 Å². The molecular weight excluding hydrogens is 194 g/mol. The van der Waals surface area contributed by atoms with Crippen LogP contribution in [0.5, 0.6) is 0 Å². The first-order valence-electron chi connectivity index (χ1n) is 4.59. The van der Waals surface area contributed by atoms with Crippen molar-refractivity contribution in [3.05, 3.63) is 5.82 Å². The molecule has 0 fully saturated rings. The molecule has 0 saturated heterocycles. The smallest absolute Gasteiger partial charge is 0.288 e. The number of rotatable bonds is 4. The van der Waals surface area contributed by atoms with Crippen LogP contribution < -0.4 is 11.1 Å². The summed E-state index contributed by atoms with van der Waals surface area (Å²) in [6.07, 6.45) is 6.42. The molecular formula is C9H13N5O. The Morgan fingerprint density at radius 3 is 3.00 bits per heavy atom. The first-order valence-corrected chi connectivity index (χ1v) is 4.59. The Balaban J connectivity index is 2.59. The van der Waals surface area contributed by atoms with Crippen LogP contribution in [-0.4, -0.2) is 27.1 Å². The van der Waals surface area contributed by atoms with Gasteiger partial charge in [0, 0.05) is 12.5 Å². The number of hydrogen-bond donors (Lipinski definition) is 3. The second-order valence-corrected chi connectivity index (χ2v) is 3.03. The molecule has 1 amide bonds. The number of nitrogens with one attached hydrogen (secondary N) is 2. The van der Waals surface area contributed by atoms with Gasteiger partial charge in [0.2, 0.25) is 11.8 Å². The number of anilines is 1. The lowest BCUT2D eigenvalue weighted by molar-refractivity contribution is 0.0926. The fourth-order valence-electron chi connectivity index (χ4n) is 1.07. The monoisotopic (exact) mass is 207 g/mol. The van der Waals surface area contributed by atoms with Crippen LogP contribution in [0.3, 0.4) is 0 Å². The lowest BCUT2D eigenvalue weighted by atomic mass is 10.1. The van der Waals surface area contributed by atoms with Gasteiger partial charge in [0.05, 0.1) is 0 Å². The van der Waals surface area contributed by atoms with E-state index in [2.05, 4.69) is 26.4 Å². The number of hydrogen-bond acceptors (Lipinski definition) is 4. The Morgan fingerprint density at radius 2 is 2.53 bits per heavy atom. The third-order valence-corrected chi connectivity index (χ3v) is 1.91. The van der Waals surface area contributed by atoms with E-state index < -0.39 is 0 Å². The summed E-state index contributed by atoms with van der Waals surface area (Å²) >= 11 is 0. The number of carbonyl (C=O) groups is 1. The van der Waals surface area contributed by atoms with E-state index in [4.69, 9.17) is 12.2 Å². The van der Waals surface area contributed by atoms with Crippen molar-refractivity contribution in [2.75, 3.05) is 5.73 Å². The zero-order valence-electron chi connectivity index (χ0n) is 8.45. The van der Waals surface area contributed by atoms with Crippen molar-refractivity contribution in [3.8, 4) is 12.3 Å². The number of nitrogens with two attached hydrogens (primary N) is 1. The molecule has 0 bridgehead atoms. The molecule has 0 radical (unpaired) electrons. The van der Waals surface area contributed by atoms with Crippen molar-refractivity contribution in [1.29, 1.82) is 0 Å². The van der Waals surface area contributed by atoms with E-state index in [0.29, 0.717) is 6.42 Å². The maximum absolute atomic E-state index is 11.5. The Labute approximate surface area is 87.7 Å². The number of carbonyl (C=O) groups excluding carboxylic acids is 1. The number of nitrogen functional groups attached to an aromatic ring is 1. The summed E-state index contributed by atoms with van der Waals surface area (Å²) in [5, 5.41) is 8.71. The third-order valence-electron chi connectivity index (χ3n) is 1.91. The number of H-pyrrole nitrogens is 1. The number of terminal acetylenes is 1. The number of aromatic nitrogens is 3. The molecule has 0 aliphatic heterocycles. The molecule has 0 aromatic carbocycles. The van der Waals surface area contributed by atoms with E-state index in [1.54, 1.807) is 0 Å². The van der Waals surface area contributed by atoms with Gasteiger partial charge in [0.1, 0.15) is 0 Å². The number of aromatic amines is 1. The molecule has 1 rings (SSSR count). The van der Waals surface area contributed by atoms with Gasteiger partial charge < -0.3 is 11.1 Å². The van der Waals surface area contributed by atoms with Gasteiger partial charge in [-0.1, -0.05) is 6.92 Å². The van der Waals surface area contributed by atoms with Crippen LogP contribution in [0.25, 0.3) is 0 Å². The van der Waals surface area contributed by atoms with Crippen LogP contribution in [0.15, 0.2) is 0 Å². The molecule has 6 heteroatoms. The van der Waals surface area contributed by atoms with Crippen LogP contribution in [0.2, 0.25) is 0 Å². The van der Waals surface area contributed by atoms with E-state index in [1.807, 2.05) is 6.92 Å². The Kier molecular flexibility index (Phi) is 3.68. The van der Waals surface area contributed by atoms with Crippen LogP contribution in [0.1, 0.15) is 30.4 Å². The number of nitrogens with zero attached hydrogens (tertiary/aromatic N) is 2. The quantitative estimate of drug-likeness (QED) is 0.601. The summed E-state index contributed by atoms with van der Waals surface area (Å²) in [6.45, 7) is 1.94. The largest absolute Gasteiger partial charge is 0.366 e. The molecule has 0 aliphatic carbocycles. The molecule has 1 heterocycles. The van der Waals surface area contributed by atoms with Crippen LogP contribution >= 0.6 is 0 Å². The summed E-state index contributed by atoms with van der Waals surface area (Å²) in [4.78, 5) is 15.2. The normalized spacial score (nSPS) is 11.7. The topological polar surface area (TPSA) is 96.7 Å². The minimum Gasteiger partial charge on any atom is -0.366 e. The third kappa shape index (κ3) is 2.98. The van der Waals surface area contributed by atoms with E-state index in [0.717, 1.165) is 6.42 Å². The summed E-state index contributed by atoms with van der Waals surface area (Å²) in [5.74, 6) is 2.30. The highest BCUT2D eigenvalue weighted by Gasteiger charge is 2.14. The minimum atomic E-state index is -0.346. The minimum absolute atomic E-state index is 0.0464. The standard InChI is InChI=1S/C9H13N5O/c1-3-5-6(4-2)11-8(15)7-12-9(10)14-13-7/h1,6H,4-5H2,2H3,(H,11,15)(H3,10,12,13,14). The van der Waals surface area contributed by atoms with Gasteiger partial charge in [0.15, 0.2) is 0 Å². The fraction of sp³-hybridized carbons (Fsp3) is 0.444. The second kappa shape index (κ2) is 5.00. The van der Waals surface area contributed by atoms with E-state index >= 15 is 0 Å². The summed E-state index contributed by atoms with van der Waals surface area (Å²) in [5.41, 5.74) is 5.27. The van der Waals surface area contributed by atoms with Crippen LogP contribution in [0.4, 0.5) is 5.95 Å². The molecule has 15 heavy (non-hydrogen) atoms. The first-order chi connectivity index (χ1) is 7.17. The van der Waals surface area contributed by atoms with Crippen molar-refractivity contribution < 1.29 is 4.79 Å². The van der Waals surface area contributed by atoms with Gasteiger partial charge in [-0.25, -0.2) is 0 Å². The Morgan fingerprint density at radius 1 is 1.80 bits per heavy atom. The molecule has 6 nitrogen and oxygen atoms in total. The van der Waals surface area contributed by atoms with Gasteiger partial charge in [0.25, 0.3) is 5.91 Å². The van der Waals surface area contributed by atoms with Gasteiger partial charge in [-0.2, -0.15) is 4.98 Å². The molecule has 1 aromatic rings. The Hall–Kier alpha value is -2.03. The highest BCUT2D eigenvalue weighted by Crippen LogP contribution is 1.99. The molecule has 1 aromatic heterocycles. The summed E-state index contributed by atoms with van der Waals surface area (Å²) < 4.78 is 0. The zero-order chi connectivity index (χ0) is 11.3. The summed E-state index contributed by atoms with van der Waals surface area (Å²) in [6, 6.07) is -0.0474. The molecule has 1 unspecified atom stereocenters. The lowest BCUT2D eigenvalue weighted by Gasteiger charge is -2.12. The van der Waals surface area contributed by atoms with Gasteiger partial charge in [-0.15, -0.1) is 17.4 Å². The predicted octanol–water partition coefficient (Wildman–Crippen LogP) is -0.0814. The van der Waals surface area contributed by atoms with Gasteiger partial charge in [-0.05, 0) is 6.42 Å². The van der Waals surface area contributed by atoms with Crippen molar-refractivity contribution in [2.45, 2.75) is 25.8 Å². The molecule has 0 spiro atoms. The average Bonchev–Trinajstić information content (AvgIpc) is 2.64. The van der Waals surface area contributed by atoms with Gasteiger partial charge >= 0.3 is 0 Å². The molecule has 0 aliphatic rings. The molecule has 4 N–H and O–H groups in total. The maximum Gasteiger partial charge on any atom is 0.288 e. The Bertz CT molecular complexity index is 378. The highest BCUT2D eigenvalue weighted by atomic mass is 16.2. The molecule has 1 atom stereocenters. The predicted molar refractivity (Wildman–Crippen MR) is 55.8 cm³/mol. The van der Waals surface area contributed by atoms with E-state index in [9.17, 15) is 4.79 Å². The first kappa shape index (κ1) is 11.0. The number of amides is 1. The average molecular weight is 207 g/mol. The summed E-state index contributed by atoms with van der Waals surface area (Å²) in [7, 11) is 0. The van der Waals surface area contributed by atoms with Crippen LogP contribution in [-0.2, 0) is 0 Å². The molecule has 0 saturated carbocycles. The lowest BCUT2D eigenvalue weighted by Crippen LogP contribution is -2.34. The second-order valence-electron chi connectivity index (χ2n) is 3.03. The SMILES string of the molecule is C#CCC(CC)NC(=O)c1nc(N)n[nH]1. The fourth-order valence-corrected chi connectivity index (χ4v) is 1.07. The van der Waals surface area contributed by atoms with E-state index in [1.165, 1.54) is 0 Å². The zero-order valence-corrected chi connectivity index (χ0v) is 8.45. The van der Waals surface area contributed by atoms with Crippen LogP contribution in [0, 0.1) is 12.3 Å². The molecule has 80 valence electrons. The maximum atomic E-state index is 11.5. The van der Waals surface area contributed by atoms with Crippen molar-refractivity contribution in [1.82, 2.24) is 20.5 Å². The van der Waals surface area contributed by atoms with Crippen molar-refractivity contribution >= 4 is 11.9 Å². The van der Waals surface area contributed by atoms with E-state index in [-0.39, 0.29) is 23.7 Å². The van der Waals surface area contributed by atoms with Crippen molar-refractivity contribution in [2.24, 2.45) is 0 Å². The highest BCUT2D eigenvalue weighted by molar-refractivity contribution is 5.90. The van der Waals surface area contributed by atoms with Gasteiger partial charge in [-0.3, -0.25) is 9.89 Å².